The van der Waals surface area contributed by atoms with Crippen LogP contribution in [0.1, 0.15) is 6.42 Å². The van der Waals surface area contributed by atoms with Crippen molar-refractivity contribution in [2.45, 2.75) is 17.9 Å². The smallest absolute Gasteiger partial charge is 0.266 e. The zero-order valence-corrected chi connectivity index (χ0v) is 12.9. The lowest BCUT2D eigenvalue weighted by Crippen LogP contribution is -2.28. The van der Waals surface area contributed by atoms with Gasteiger partial charge in [-0.25, -0.2) is 22.2 Å². The average molecular weight is 346 g/mol. The van der Waals surface area contributed by atoms with Crippen LogP contribution in [0.4, 0.5) is 4.39 Å². The fourth-order valence-corrected chi connectivity index (χ4v) is 3.06. The topological polar surface area (TPSA) is 81.1 Å². The summed E-state index contributed by atoms with van der Waals surface area (Å²) in [5.41, 5.74) is -0.254. The normalized spacial score (nSPS) is 11.5. The van der Waals surface area contributed by atoms with E-state index >= 15 is 0 Å². The van der Waals surface area contributed by atoms with E-state index in [1.54, 1.807) is 0 Å². The maximum Gasteiger partial charge on any atom is 0.266 e. The molecule has 0 aliphatic heterocycles. The van der Waals surface area contributed by atoms with Crippen LogP contribution >= 0.6 is 11.6 Å². The predicted molar refractivity (Wildman–Crippen MR) is 79.7 cm³/mol. The van der Waals surface area contributed by atoms with Crippen molar-refractivity contribution >= 4 is 21.6 Å². The average Bonchev–Trinajstić information content (AvgIpc) is 2.48. The van der Waals surface area contributed by atoms with Gasteiger partial charge in [-0.15, -0.1) is 0 Å². The Hall–Kier alpha value is -1.77. The van der Waals surface area contributed by atoms with Gasteiger partial charge in [0.2, 0.25) is 10.0 Å². The van der Waals surface area contributed by atoms with E-state index in [2.05, 4.69) is 9.82 Å². The maximum absolute atomic E-state index is 13.0. The van der Waals surface area contributed by atoms with Crippen LogP contribution < -0.4 is 10.3 Å². The molecular formula is C13H13ClFN3O3S. The Morgan fingerprint density at radius 1 is 1.32 bits per heavy atom. The van der Waals surface area contributed by atoms with E-state index in [9.17, 15) is 17.6 Å². The molecule has 0 amide bonds. The van der Waals surface area contributed by atoms with Crippen molar-refractivity contribution in [2.75, 3.05) is 6.54 Å². The molecule has 2 rings (SSSR count). The molecule has 1 aromatic carbocycles. The van der Waals surface area contributed by atoms with Crippen molar-refractivity contribution in [1.29, 1.82) is 0 Å². The number of aryl methyl sites for hydroxylation is 1. The third kappa shape index (κ3) is 4.12. The minimum Gasteiger partial charge on any atom is -0.268 e. The molecule has 22 heavy (non-hydrogen) atoms. The molecule has 0 radical (unpaired) electrons. The molecule has 0 saturated heterocycles. The van der Waals surface area contributed by atoms with Crippen LogP contribution in [0.3, 0.4) is 0 Å². The monoisotopic (exact) mass is 345 g/mol. The first kappa shape index (κ1) is 16.6. The summed E-state index contributed by atoms with van der Waals surface area (Å²) >= 11 is 5.57. The Labute approximate surface area is 131 Å². The first-order valence-electron chi connectivity index (χ1n) is 6.37. The van der Waals surface area contributed by atoms with Crippen LogP contribution in [0.2, 0.25) is 5.02 Å². The van der Waals surface area contributed by atoms with Gasteiger partial charge in [0.1, 0.15) is 5.82 Å². The Morgan fingerprint density at radius 2 is 2.09 bits per heavy atom. The van der Waals surface area contributed by atoms with E-state index in [0.29, 0.717) is 6.42 Å². The van der Waals surface area contributed by atoms with Crippen molar-refractivity contribution in [2.24, 2.45) is 0 Å². The van der Waals surface area contributed by atoms with E-state index in [1.807, 2.05) is 0 Å². The highest BCUT2D eigenvalue weighted by molar-refractivity contribution is 7.89. The number of hydrogen-bond acceptors (Lipinski definition) is 4. The molecular weight excluding hydrogens is 333 g/mol. The van der Waals surface area contributed by atoms with E-state index in [-0.39, 0.29) is 28.6 Å². The molecule has 0 fully saturated rings. The quantitative estimate of drug-likeness (QED) is 0.802. The van der Waals surface area contributed by atoms with Gasteiger partial charge in [0, 0.05) is 25.4 Å². The number of sulfonamides is 1. The van der Waals surface area contributed by atoms with Crippen molar-refractivity contribution in [3.8, 4) is 0 Å². The van der Waals surface area contributed by atoms with Crippen LogP contribution in [0.5, 0.6) is 0 Å². The molecule has 0 unspecified atom stereocenters. The molecule has 6 nitrogen and oxygen atoms in total. The van der Waals surface area contributed by atoms with Gasteiger partial charge >= 0.3 is 0 Å². The second-order valence-electron chi connectivity index (χ2n) is 4.41. The van der Waals surface area contributed by atoms with E-state index < -0.39 is 15.8 Å². The highest BCUT2D eigenvalue weighted by atomic mass is 35.5. The summed E-state index contributed by atoms with van der Waals surface area (Å²) in [5, 5.41) is 3.60. The van der Waals surface area contributed by atoms with Crippen LogP contribution in [0.15, 0.2) is 46.2 Å². The molecule has 0 saturated carbocycles. The molecule has 0 bridgehead atoms. The Bertz CT molecular complexity index is 823. The fourth-order valence-electron chi connectivity index (χ4n) is 1.72. The Kier molecular flexibility index (Phi) is 5.28. The minimum atomic E-state index is -3.77. The third-order valence-corrected chi connectivity index (χ3v) is 4.57. The molecule has 1 aromatic heterocycles. The van der Waals surface area contributed by atoms with E-state index in [1.165, 1.54) is 23.0 Å². The van der Waals surface area contributed by atoms with E-state index in [4.69, 9.17) is 11.6 Å². The number of hydrogen-bond donors (Lipinski definition) is 1. The number of aromatic nitrogens is 2. The van der Waals surface area contributed by atoms with Gasteiger partial charge < -0.3 is 0 Å². The number of benzene rings is 1. The van der Waals surface area contributed by atoms with Crippen LogP contribution in [-0.2, 0) is 16.6 Å². The highest BCUT2D eigenvalue weighted by Crippen LogP contribution is 2.19. The van der Waals surface area contributed by atoms with Gasteiger partial charge in [-0.1, -0.05) is 11.6 Å². The lowest BCUT2D eigenvalue weighted by atomic mass is 10.3. The molecule has 0 aliphatic carbocycles. The summed E-state index contributed by atoms with van der Waals surface area (Å²) in [7, 11) is -3.77. The number of nitrogens with one attached hydrogen (secondary N) is 1. The van der Waals surface area contributed by atoms with Crippen molar-refractivity contribution in [3.63, 3.8) is 0 Å². The molecule has 118 valence electrons. The molecule has 1 N–H and O–H groups in total. The predicted octanol–water partition coefficient (Wildman–Crippen LogP) is 1.40. The first-order valence-corrected chi connectivity index (χ1v) is 8.23. The first-order chi connectivity index (χ1) is 10.4. The molecule has 0 atom stereocenters. The summed E-state index contributed by atoms with van der Waals surface area (Å²) in [6, 6.07) is 6.07. The molecule has 9 heteroatoms. The summed E-state index contributed by atoms with van der Waals surface area (Å²) < 4.78 is 40.6. The number of nitrogens with zero attached hydrogens (tertiary/aromatic N) is 2. The van der Waals surface area contributed by atoms with Crippen LogP contribution in [0, 0.1) is 5.82 Å². The van der Waals surface area contributed by atoms with Gasteiger partial charge in [0.05, 0.1) is 9.92 Å². The van der Waals surface area contributed by atoms with Crippen LogP contribution in [0.25, 0.3) is 0 Å². The summed E-state index contributed by atoms with van der Waals surface area (Å²) in [6.07, 6.45) is 1.86. The van der Waals surface area contributed by atoms with Crippen LogP contribution in [-0.4, -0.2) is 24.7 Å². The number of halogens is 2. The largest absolute Gasteiger partial charge is 0.268 e. The maximum atomic E-state index is 13.0. The number of rotatable bonds is 6. The summed E-state index contributed by atoms with van der Waals surface area (Å²) in [5.74, 6) is -0.685. The molecule has 1 heterocycles. The van der Waals surface area contributed by atoms with Gasteiger partial charge in [0.15, 0.2) is 0 Å². The third-order valence-electron chi connectivity index (χ3n) is 2.83. The standard InChI is InChI=1S/C13H13ClFN3O3S/c14-11-9-10(4-5-12(11)15)22(20,21)17-7-2-8-18-13(19)3-1-6-16-18/h1,3-6,9,17H,2,7-8H2. The highest BCUT2D eigenvalue weighted by Gasteiger charge is 2.15. The van der Waals surface area contributed by atoms with Crippen molar-refractivity contribution < 1.29 is 12.8 Å². The minimum absolute atomic E-state index is 0.111. The second kappa shape index (κ2) is 6.99. The van der Waals surface area contributed by atoms with E-state index in [0.717, 1.165) is 18.2 Å². The fraction of sp³-hybridized carbons (Fsp3) is 0.231. The Morgan fingerprint density at radius 3 is 2.77 bits per heavy atom. The molecule has 0 spiro atoms. The lowest BCUT2D eigenvalue weighted by molar-refractivity contribution is 0.535. The second-order valence-corrected chi connectivity index (χ2v) is 6.59. The summed E-state index contributed by atoms with van der Waals surface area (Å²) in [6.45, 7) is 0.396. The van der Waals surface area contributed by atoms with Crippen molar-refractivity contribution in [3.05, 3.63) is 57.7 Å². The van der Waals surface area contributed by atoms with Gasteiger partial charge in [0.25, 0.3) is 5.56 Å². The zero-order chi connectivity index (χ0) is 16.2. The Balaban J connectivity index is 1.94. The van der Waals surface area contributed by atoms with Gasteiger partial charge in [-0.05, 0) is 30.7 Å². The SMILES string of the molecule is O=c1cccnn1CCCNS(=O)(=O)c1ccc(F)c(Cl)c1. The molecule has 0 aliphatic rings. The van der Waals surface area contributed by atoms with Crippen molar-refractivity contribution in [1.82, 2.24) is 14.5 Å². The lowest BCUT2D eigenvalue weighted by Gasteiger charge is -2.08. The zero-order valence-electron chi connectivity index (χ0n) is 11.4. The van der Waals surface area contributed by atoms with Gasteiger partial charge in [-0.3, -0.25) is 4.79 Å². The summed E-state index contributed by atoms with van der Waals surface area (Å²) in [4.78, 5) is 11.3. The van der Waals surface area contributed by atoms with Gasteiger partial charge in [-0.2, -0.15) is 5.10 Å². The molecule has 2 aromatic rings.